The summed E-state index contributed by atoms with van der Waals surface area (Å²) in [7, 11) is 0. The molecule has 0 spiro atoms. The number of nitrogens with zero attached hydrogens (tertiary/aromatic N) is 1. The summed E-state index contributed by atoms with van der Waals surface area (Å²) >= 11 is 1.54. The summed E-state index contributed by atoms with van der Waals surface area (Å²) in [5.41, 5.74) is 2.71. The highest BCUT2D eigenvalue weighted by molar-refractivity contribution is 7.98. The number of thioether (sulfide) groups is 1. The predicted octanol–water partition coefficient (Wildman–Crippen LogP) is 3.38. The zero-order valence-electron chi connectivity index (χ0n) is 9.96. The number of aryl methyl sites for hydroxylation is 1. The van der Waals surface area contributed by atoms with Gasteiger partial charge in [-0.15, -0.1) is 11.8 Å². The second-order valence-electron chi connectivity index (χ2n) is 3.97. The number of carboxylic acids is 1. The van der Waals surface area contributed by atoms with Crippen LogP contribution in [0, 0.1) is 6.92 Å². The molecule has 2 aromatic rings. The fourth-order valence-electron chi connectivity index (χ4n) is 1.58. The molecule has 0 aliphatic rings. The van der Waals surface area contributed by atoms with E-state index in [1.807, 2.05) is 6.07 Å². The first kappa shape index (κ1) is 12.6. The molecule has 1 aromatic heterocycles. The third-order valence-electron chi connectivity index (χ3n) is 2.45. The van der Waals surface area contributed by atoms with Crippen molar-refractivity contribution in [2.75, 3.05) is 0 Å². The van der Waals surface area contributed by atoms with Gasteiger partial charge in [-0.25, -0.2) is 9.78 Å². The van der Waals surface area contributed by atoms with Crippen molar-refractivity contribution in [2.24, 2.45) is 0 Å². The number of benzene rings is 1. The summed E-state index contributed by atoms with van der Waals surface area (Å²) < 4.78 is 0. The van der Waals surface area contributed by atoms with Crippen LogP contribution in [-0.2, 0) is 5.75 Å². The van der Waals surface area contributed by atoms with E-state index in [0.29, 0.717) is 0 Å². The maximum absolute atomic E-state index is 10.8. The fraction of sp³-hybridized carbons (Fsp3) is 0.143. The molecule has 18 heavy (non-hydrogen) atoms. The lowest BCUT2D eigenvalue weighted by molar-refractivity contribution is 0.0696. The number of carboxylic acid groups (broad SMARTS) is 1. The topological polar surface area (TPSA) is 50.2 Å². The maximum atomic E-state index is 10.8. The van der Waals surface area contributed by atoms with E-state index in [1.54, 1.807) is 6.07 Å². The van der Waals surface area contributed by atoms with Crippen molar-refractivity contribution < 1.29 is 9.90 Å². The van der Waals surface area contributed by atoms with Crippen molar-refractivity contribution in [3.63, 3.8) is 0 Å². The van der Waals surface area contributed by atoms with E-state index >= 15 is 0 Å². The van der Waals surface area contributed by atoms with Crippen molar-refractivity contribution in [3.05, 3.63) is 59.3 Å². The second kappa shape index (κ2) is 5.69. The number of hydrogen-bond donors (Lipinski definition) is 1. The predicted molar refractivity (Wildman–Crippen MR) is 71.9 cm³/mol. The van der Waals surface area contributed by atoms with Gasteiger partial charge >= 0.3 is 5.97 Å². The van der Waals surface area contributed by atoms with Crippen LogP contribution in [0.4, 0.5) is 0 Å². The van der Waals surface area contributed by atoms with Gasteiger partial charge in [0, 0.05) is 11.9 Å². The van der Waals surface area contributed by atoms with Gasteiger partial charge in [-0.05, 0) is 24.6 Å². The average molecular weight is 259 g/mol. The second-order valence-corrected chi connectivity index (χ2v) is 4.96. The monoisotopic (exact) mass is 259 g/mol. The number of hydrogen-bond acceptors (Lipinski definition) is 3. The molecule has 1 N–H and O–H groups in total. The van der Waals surface area contributed by atoms with Gasteiger partial charge < -0.3 is 5.11 Å². The SMILES string of the molecule is Cc1cccc(CSc2cc(C(=O)O)ccn2)c1. The highest BCUT2D eigenvalue weighted by Gasteiger charge is 2.04. The van der Waals surface area contributed by atoms with Gasteiger partial charge in [-0.2, -0.15) is 0 Å². The Morgan fingerprint density at radius 1 is 1.33 bits per heavy atom. The molecule has 0 aliphatic carbocycles. The van der Waals surface area contributed by atoms with E-state index < -0.39 is 5.97 Å². The number of aromatic nitrogens is 1. The minimum Gasteiger partial charge on any atom is -0.478 e. The lowest BCUT2D eigenvalue weighted by Gasteiger charge is -2.03. The standard InChI is InChI=1S/C14H13NO2S/c1-10-3-2-4-11(7-10)9-18-13-8-12(14(16)17)5-6-15-13/h2-8H,9H2,1H3,(H,16,17). The normalized spacial score (nSPS) is 10.3. The molecule has 0 saturated heterocycles. The highest BCUT2D eigenvalue weighted by Crippen LogP contribution is 2.21. The summed E-state index contributed by atoms with van der Waals surface area (Å²) in [6, 6.07) is 11.3. The summed E-state index contributed by atoms with van der Waals surface area (Å²) in [5, 5.41) is 9.63. The van der Waals surface area contributed by atoms with E-state index in [4.69, 9.17) is 5.11 Å². The van der Waals surface area contributed by atoms with E-state index in [0.717, 1.165) is 10.8 Å². The van der Waals surface area contributed by atoms with Crippen LogP contribution in [0.1, 0.15) is 21.5 Å². The van der Waals surface area contributed by atoms with E-state index in [2.05, 4.69) is 30.1 Å². The lowest BCUT2D eigenvalue weighted by Crippen LogP contribution is -1.96. The minimum atomic E-state index is -0.921. The molecule has 0 atom stereocenters. The molecule has 0 saturated carbocycles. The Hall–Kier alpha value is -1.81. The summed E-state index contributed by atoms with van der Waals surface area (Å²) in [6.07, 6.45) is 1.53. The van der Waals surface area contributed by atoms with E-state index in [9.17, 15) is 4.79 Å². The van der Waals surface area contributed by atoms with Gasteiger partial charge in [-0.1, -0.05) is 29.8 Å². The van der Waals surface area contributed by atoms with Crippen LogP contribution in [0.25, 0.3) is 0 Å². The van der Waals surface area contributed by atoms with Gasteiger partial charge in [0.25, 0.3) is 0 Å². The number of aromatic carboxylic acids is 1. The van der Waals surface area contributed by atoms with Crippen LogP contribution >= 0.6 is 11.8 Å². The van der Waals surface area contributed by atoms with Gasteiger partial charge in [0.2, 0.25) is 0 Å². The molecule has 92 valence electrons. The molecule has 0 aliphatic heterocycles. The fourth-order valence-corrected chi connectivity index (χ4v) is 2.42. The Labute approximate surface area is 110 Å². The van der Waals surface area contributed by atoms with Crippen molar-refractivity contribution >= 4 is 17.7 Å². The Kier molecular flexibility index (Phi) is 3.99. The van der Waals surface area contributed by atoms with E-state index in [1.165, 1.54) is 35.2 Å². The Morgan fingerprint density at radius 2 is 2.17 bits per heavy atom. The third kappa shape index (κ3) is 3.34. The van der Waals surface area contributed by atoms with Crippen LogP contribution in [-0.4, -0.2) is 16.1 Å². The van der Waals surface area contributed by atoms with Crippen molar-refractivity contribution in [1.82, 2.24) is 4.98 Å². The first-order chi connectivity index (χ1) is 8.65. The van der Waals surface area contributed by atoms with Crippen LogP contribution in [0.5, 0.6) is 0 Å². The van der Waals surface area contributed by atoms with Crippen LogP contribution in [0.2, 0.25) is 0 Å². The summed E-state index contributed by atoms with van der Waals surface area (Å²) in [4.78, 5) is 15.0. The first-order valence-electron chi connectivity index (χ1n) is 5.53. The third-order valence-corrected chi connectivity index (χ3v) is 3.45. The van der Waals surface area contributed by atoms with Crippen LogP contribution < -0.4 is 0 Å². The number of pyridine rings is 1. The highest BCUT2D eigenvalue weighted by atomic mass is 32.2. The Morgan fingerprint density at radius 3 is 2.89 bits per heavy atom. The number of carbonyl (C=O) groups is 1. The molecule has 0 amide bonds. The summed E-state index contributed by atoms with van der Waals surface area (Å²) in [5.74, 6) is -0.132. The zero-order chi connectivity index (χ0) is 13.0. The van der Waals surface area contributed by atoms with Gasteiger partial charge in [0.05, 0.1) is 10.6 Å². The summed E-state index contributed by atoms with van der Waals surface area (Å²) in [6.45, 7) is 2.05. The molecule has 0 bridgehead atoms. The maximum Gasteiger partial charge on any atom is 0.335 e. The lowest BCUT2D eigenvalue weighted by atomic mass is 10.2. The molecule has 0 radical (unpaired) electrons. The van der Waals surface area contributed by atoms with Gasteiger partial charge in [0.1, 0.15) is 0 Å². The average Bonchev–Trinajstić information content (AvgIpc) is 2.37. The molecule has 2 rings (SSSR count). The Balaban J connectivity index is 2.06. The molecule has 3 nitrogen and oxygen atoms in total. The first-order valence-corrected chi connectivity index (χ1v) is 6.51. The van der Waals surface area contributed by atoms with Gasteiger partial charge in [-0.3, -0.25) is 0 Å². The molecular formula is C14H13NO2S. The van der Waals surface area contributed by atoms with Crippen LogP contribution in [0.15, 0.2) is 47.6 Å². The van der Waals surface area contributed by atoms with Crippen molar-refractivity contribution in [1.29, 1.82) is 0 Å². The van der Waals surface area contributed by atoms with Gasteiger partial charge in [0.15, 0.2) is 0 Å². The minimum absolute atomic E-state index is 0.275. The largest absolute Gasteiger partial charge is 0.478 e. The molecule has 4 heteroatoms. The van der Waals surface area contributed by atoms with Crippen molar-refractivity contribution in [2.45, 2.75) is 17.7 Å². The molecular weight excluding hydrogens is 246 g/mol. The quantitative estimate of drug-likeness (QED) is 0.855. The smallest absolute Gasteiger partial charge is 0.335 e. The Bertz CT molecular complexity index is 569. The van der Waals surface area contributed by atoms with E-state index in [-0.39, 0.29) is 5.56 Å². The molecule has 1 aromatic carbocycles. The number of rotatable bonds is 4. The zero-order valence-corrected chi connectivity index (χ0v) is 10.8. The molecule has 1 heterocycles. The molecule has 0 fully saturated rings. The molecule has 0 unspecified atom stereocenters. The van der Waals surface area contributed by atoms with Crippen LogP contribution in [0.3, 0.4) is 0 Å². The van der Waals surface area contributed by atoms with Crippen molar-refractivity contribution in [3.8, 4) is 0 Å².